The van der Waals surface area contributed by atoms with Gasteiger partial charge in [0, 0.05) is 12.6 Å². The summed E-state index contributed by atoms with van der Waals surface area (Å²) in [7, 11) is 0. The first-order valence-electron chi connectivity index (χ1n) is 5.65. The van der Waals surface area contributed by atoms with Crippen molar-refractivity contribution in [2.45, 2.75) is 26.3 Å². The standard InChI is InChI=1S/C11H22N2OS/c1-8-6-12-7-10(8)11(14)13-9(2)4-5-15-3/h8-10,12H,4-7H2,1-3H3,(H,13,14). The first-order valence-corrected chi connectivity index (χ1v) is 7.04. The third-order valence-electron chi connectivity index (χ3n) is 3.00. The van der Waals surface area contributed by atoms with E-state index in [2.05, 4.69) is 30.7 Å². The fourth-order valence-electron chi connectivity index (χ4n) is 1.88. The molecule has 88 valence electrons. The van der Waals surface area contributed by atoms with Gasteiger partial charge in [-0.15, -0.1) is 0 Å². The van der Waals surface area contributed by atoms with Crippen LogP contribution in [0.2, 0.25) is 0 Å². The Balaban J connectivity index is 2.28. The Bertz CT molecular complexity index is 211. The molecule has 1 fully saturated rings. The van der Waals surface area contributed by atoms with E-state index >= 15 is 0 Å². The average Bonchev–Trinajstić information content (AvgIpc) is 2.61. The lowest BCUT2D eigenvalue weighted by molar-refractivity contribution is -0.126. The summed E-state index contributed by atoms with van der Waals surface area (Å²) in [6.45, 7) is 6.03. The second-order valence-corrected chi connectivity index (χ2v) is 5.42. The van der Waals surface area contributed by atoms with E-state index in [0.29, 0.717) is 12.0 Å². The van der Waals surface area contributed by atoms with Crippen molar-refractivity contribution in [1.82, 2.24) is 10.6 Å². The Labute approximate surface area is 96.8 Å². The van der Waals surface area contributed by atoms with Gasteiger partial charge in [-0.3, -0.25) is 4.79 Å². The molecule has 0 aromatic carbocycles. The molecule has 1 amide bonds. The molecule has 0 saturated carbocycles. The summed E-state index contributed by atoms with van der Waals surface area (Å²) in [5.41, 5.74) is 0. The number of carbonyl (C=O) groups excluding carboxylic acids is 1. The van der Waals surface area contributed by atoms with E-state index in [9.17, 15) is 4.79 Å². The second-order valence-electron chi connectivity index (χ2n) is 4.43. The Kier molecular flexibility index (Phi) is 5.47. The smallest absolute Gasteiger partial charge is 0.224 e. The molecule has 0 aliphatic carbocycles. The molecule has 3 nitrogen and oxygen atoms in total. The zero-order chi connectivity index (χ0) is 11.3. The van der Waals surface area contributed by atoms with Crippen LogP contribution in [0.5, 0.6) is 0 Å². The molecule has 2 N–H and O–H groups in total. The molecule has 0 spiro atoms. The van der Waals surface area contributed by atoms with Gasteiger partial charge < -0.3 is 10.6 Å². The van der Waals surface area contributed by atoms with Gasteiger partial charge in [-0.25, -0.2) is 0 Å². The first kappa shape index (κ1) is 12.8. The Morgan fingerprint density at radius 2 is 2.33 bits per heavy atom. The van der Waals surface area contributed by atoms with Crippen molar-refractivity contribution in [2.24, 2.45) is 11.8 Å². The van der Waals surface area contributed by atoms with E-state index in [0.717, 1.165) is 25.3 Å². The van der Waals surface area contributed by atoms with Crippen molar-refractivity contribution in [3.05, 3.63) is 0 Å². The normalized spacial score (nSPS) is 27.7. The monoisotopic (exact) mass is 230 g/mol. The van der Waals surface area contributed by atoms with Crippen LogP contribution in [-0.4, -0.2) is 37.0 Å². The molecule has 1 saturated heterocycles. The van der Waals surface area contributed by atoms with Gasteiger partial charge in [-0.05, 0) is 37.8 Å². The van der Waals surface area contributed by atoms with Gasteiger partial charge in [0.15, 0.2) is 0 Å². The number of hydrogen-bond donors (Lipinski definition) is 2. The highest BCUT2D eigenvalue weighted by Crippen LogP contribution is 2.16. The molecule has 1 aliphatic rings. The summed E-state index contributed by atoms with van der Waals surface area (Å²) in [4.78, 5) is 11.9. The summed E-state index contributed by atoms with van der Waals surface area (Å²) in [5.74, 6) is 1.97. The molecule has 3 unspecified atom stereocenters. The highest BCUT2D eigenvalue weighted by Gasteiger charge is 2.29. The second kappa shape index (κ2) is 6.38. The molecular formula is C11H22N2OS. The summed E-state index contributed by atoms with van der Waals surface area (Å²) in [5, 5.41) is 6.35. The van der Waals surface area contributed by atoms with Crippen molar-refractivity contribution in [3.8, 4) is 0 Å². The van der Waals surface area contributed by atoms with Gasteiger partial charge >= 0.3 is 0 Å². The Hall–Kier alpha value is -0.220. The third kappa shape index (κ3) is 4.03. The molecular weight excluding hydrogens is 208 g/mol. The van der Waals surface area contributed by atoms with E-state index in [1.807, 2.05) is 11.8 Å². The van der Waals surface area contributed by atoms with Crippen molar-refractivity contribution < 1.29 is 4.79 Å². The number of nitrogens with one attached hydrogen (secondary N) is 2. The van der Waals surface area contributed by atoms with E-state index < -0.39 is 0 Å². The van der Waals surface area contributed by atoms with Gasteiger partial charge in [0.25, 0.3) is 0 Å². The fourth-order valence-corrected chi connectivity index (χ4v) is 2.47. The van der Waals surface area contributed by atoms with Crippen molar-refractivity contribution in [2.75, 3.05) is 25.1 Å². The van der Waals surface area contributed by atoms with Crippen LogP contribution in [0.25, 0.3) is 0 Å². The number of carbonyl (C=O) groups is 1. The third-order valence-corrected chi connectivity index (χ3v) is 3.64. The average molecular weight is 230 g/mol. The Morgan fingerprint density at radius 1 is 1.60 bits per heavy atom. The van der Waals surface area contributed by atoms with E-state index in [1.54, 1.807) is 0 Å². The molecule has 1 rings (SSSR count). The predicted octanol–water partition coefficient (Wildman–Crippen LogP) is 1.10. The molecule has 1 heterocycles. The van der Waals surface area contributed by atoms with Crippen LogP contribution in [0, 0.1) is 11.8 Å². The Morgan fingerprint density at radius 3 is 2.87 bits per heavy atom. The van der Waals surface area contributed by atoms with E-state index in [-0.39, 0.29) is 11.8 Å². The minimum Gasteiger partial charge on any atom is -0.353 e. The number of rotatable bonds is 5. The van der Waals surface area contributed by atoms with Crippen LogP contribution in [0.15, 0.2) is 0 Å². The number of hydrogen-bond acceptors (Lipinski definition) is 3. The van der Waals surface area contributed by atoms with E-state index in [1.165, 1.54) is 0 Å². The van der Waals surface area contributed by atoms with E-state index in [4.69, 9.17) is 0 Å². The summed E-state index contributed by atoms with van der Waals surface area (Å²) >= 11 is 1.83. The summed E-state index contributed by atoms with van der Waals surface area (Å²) in [6.07, 6.45) is 3.15. The lowest BCUT2D eigenvalue weighted by Crippen LogP contribution is -2.39. The quantitative estimate of drug-likeness (QED) is 0.743. The van der Waals surface area contributed by atoms with Crippen LogP contribution in [0.3, 0.4) is 0 Å². The predicted molar refractivity (Wildman–Crippen MR) is 66.1 cm³/mol. The zero-order valence-corrected chi connectivity index (χ0v) is 10.7. The molecule has 0 bridgehead atoms. The minimum atomic E-state index is 0.168. The fraction of sp³-hybridized carbons (Fsp3) is 0.909. The highest BCUT2D eigenvalue weighted by molar-refractivity contribution is 7.98. The lowest BCUT2D eigenvalue weighted by Gasteiger charge is -2.18. The summed E-state index contributed by atoms with van der Waals surface area (Å²) < 4.78 is 0. The maximum Gasteiger partial charge on any atom is 0.224 e. The lowest BCUT2D eigenvalue weighted by atomic mass is 9.97. The van der Waals surface area contributed by atoms with Gasteiger partial charge in [-0.1, -0.05) is 6.92 Å². The maximum absolute atomic E-state index is 11.9. The van der Waals surface area contributed by atoms with Gasteiger partial charge in [0.1, 0.15) is 0 Å². The molecule has 0 radical (unpaired) electrons. The maximum atomic E-state index is 11.9. The topological polar surface area (TPSA) is 41.1 Å². The molecule has 1 aliphatic heterocycles. The van der Waals surface area contributed by atoms with Crippen molar-refractivity contribution >= 4 is 17.7 Å². The summed E-state index contributed by atoms with van der Waals surface area (Å²) in [6, 6.07) is 0.303. The van der Waals surface area contributed by atoms with Crippen LogP contribution in [-0.2, 0) is 4.79 Å². The van der Waals surface area contributed by atoms with Gasteiger partial charge in [-0.2, -0.15) is 11.8 Å². The van der Waals surface area contributed by atoms with Crippen molar-refractivity contribution in [3.63, 3.8) is 0 Å². The zero-order valence-electron chi connectivity index (χ0n) is 9.88. The number of thioether (sulfide) groups is 1. The largest absolute Gasteiger partial charge is 0.353 e. The molecule has 3 atom stereocenters. The minimum absolute atomic E-state index is 0.168. The van der Waals surface area contributed by atoms with Crippen LogP contribution in [0.4, 0.5) is 0 Å². The highest BCUT2D eigenvalue weighted by atomic mass is 32.2. The molecule has 0 aromatic rings. The SMILES string of the molecule is CSCCC(C)NC(=O)C1CNCC1C. The first-order chi connectivity index (χ1) is 7.15. The molecule has 0 aromatic heterocycles. The van der Waals surface area contributed by atoms with Gasteiger partial charge in [0.05, 0.1) is 5.92 Å². The van der Waals surface area contributed by atoms with Crippen LogP contribution in [0.1, 0.15) is 20.3 Å². The molecule has 15 heavy (non-hydrogen) atoms. The van der Waals surface area contributed by atoms with Crippen molar-refractivity contribution in [1.29, 1.82) is 0 Å². The molecule has 4 heteroatoms. The van der Waals surface area contributed by atoms with Crippen LogP contribution >= 0.6 is 11.8 Å². The number of amides is 1. The van der Waals surface area contributed by atoms with Crippen LogP contribution < -0.4 is 10.6 Å². The van der Waals surface area contributed by atoms with Gasteiger partial charge in [0.2, 0.25) is 5.91 Å².